The van der Waals surface area contributed by atoms with Gasteiger partial charge in [0, 0.05) is 12.8 Å². The molecule has 0 saturated carbocycles. The van der Waals surface area contributed by atoms with Crippen molar-refractivity contribution in [3.8, 4) is 0 Å². The van der Waals surface area contributed by atoms with Crippen molar-refractivity contribution in [3.05, 3.63) is 85.1 Å². The summed E-state index contributed by atoms with van der Waals surface area (Å²) in [5.41, 5.74) is 0. The number of ether oxygens (including phenoxy) is 5. The van der Waals surface area contributed by atoms with Gasteiger partial charge in [-0.15, -0.1) is 0 Å². The number of esters is 3. The Bertz CT molecular complexity index is 1630. The normalized spacial score (nSPS) is 18.8. The minimum absolute atomic E-state index is 0.0193. The SMILES string of the molecule is CC/C=C\C/C=C\C/C=C\C/C=C\C/C=C\CC(=O)OCC(COC1OC(C(=O)O)C(O)C(O)C1OC(=O)CCCCCCCCCCCCCCCCC)OC(=O)CCCCCCC/C=C\C/C=C\CCCCC. The lowest BCUT2D eigenvalue weighted by Crippen LogP contribution is -2.61. The molecule has 0 aromatic carbocycles. The maximum Gasteiger partial charge on any atom is 0.335 e. The van der Waals surface area contributed by atoms with Gasteiger partial charge in [0.2, 0.25) is 0 Å². The standard InChI is InChI=1S/C63H104O12/c1-4-7-10-13-16-19-22-25-28-31-34-37-40-43-46-49-55(64)71-52-54(73-56(65)50-47-44-41-38-35-32-29-26-23-20-17-14-11-8-5-2)53-72-63-61(59(68)58(67)60(75-63)62(69)70)74-57(66)51-48-45-42-39-36-33-30-27-24-21-18-15-12-9-6-3/h7,10,16-17,19-20,25-26,28-29,34,37,43,46,54,58-61,63,67-68H,4-6,8-9,11-15,18,21-24,27,30-33,35-36,38-42,44-45,47-53H2,1-3H3,(H,69,70)/b10-7-,19-16-,20-17-,28-25-,29-26-,37-34-,46-43-. The molecule has 428 valence electrons. The van der Waals surface area contributed by atoms with Crippen molar-refractivity contribution in [2.24, 2.45) is 0 Å². The summed E-state index contributed by atoms with van der Waals surface area (Å²) in [7, 11) is 0. The molecule has 1 saturated heterocycles. The van der Waals surface area contributed by atoms with Gasteiger partial charge < -0.3 is 39.0 Å². The highest BCUT2D eigenvalue weighted by atomic mass is 16.7. The van der Waals surface area contributed by atoms with Crippen LogP contribution in [0.3, 0.4) is 0 Å². The highest BCUT2D eigenvalue weighted by Crippen LogP contribution is 2.26. The fourth-order valence-electron chi connectivity index (χ4n) is 8.47. The van der Waals surface area contributed by atoms with E-state index in [1.807, 2.05) is 12.2 Å². The van der Waals surface area contributed by atoms with Gasteiger partial charge in [-0.05, 0) is 77.0 Å². The average Bonchev–Trinajstić information content (AvgIpc) is 3.39. The van der Waals surface area contributed by atoms with E-state index >= 15 is 0 Å². The second-order valence-electron chi connectivity index (χ2n) is 19.9. The molecule has 0 aromatic heterocycles. The summed E-state index contributed by atoms with van der Waals surface area (Å²) >= 11 is 0. The Labute approximate surface area is 454 Å². The molecule has 1 rings (SSSR count). The number of aliphatic hydroxyl groups is 2. The molecule has 6 atom stereocenters. The highest BCUT2D eigenvalue weighted by molar-refractivity contribution is 5.74. The lowest BCUT2D eigenvalue weighted by molar-refractivity contribution is -0.301. The van der Waals surface area contributed by atoms with Crippen LogP contribution in [0, 0.1) is 0 Å². The molecule has 12 heteroatoms. The summed E-state index contributed by atoms with van der Waals surface area (Å²) in [6.45, 7) is 5.75. The Hall–Kier alpha value is -4.10. The number of aliphatic hydroxyl groups excluding tert-OH is 2. The van der Waals surface area contributed by atoms with Crippen LogP contribution in [0.2, 0.25) is 0 Å². The van der Waals surface area contributed by atoms with E-state index in [4.69, 9.17) is 23.7 Å². The summed E-state index contributed by atoms with van der Waals surface area (Å²) in [6.07, 6.45) is 52.9. The minimum Gasteiger partial charge on any atom is -0.479 e. The summed E-state index contributed by atoms with van der Waals surface area (Å²) in [4.78, 5) is 51.0. The molecule has 0 spiro atoms. The van der Waals surface area contributed by atoms with Crippen molar-refractivity contribution >= 4 is 23.9 Å². The first kappa shape index (κ1) is 68.9. The first-order valence-corrected chi connectivity index (χ1v) is 29.6. The molecule has 1 heterocycles. The molecule has 12 nitrogen and oxygen atoms in total. The van der Waals surface area contributed by atoms with Gasteiger partial charge >= 0.3 is 23.9 Å². The molecule has 3 N–H and O–H groups in total. The van der Waals surface area contributed by atoms with E-state index in [-0.39, 0.29) is 25.9 Å². The van der Waals surface area contributed by atoms with Crippen molar-refractivity contribution in [2.45, 2.75) is 276 Å². The molecule has 1 aliphatic heterocycles. The maximum absolute atomic E-state index is 13.1. The zero-order valence-electron chi connectivity index (χ0n) is 47.0. The summed E-state index contributed by atoms with van der Waals surface area (Å²) in [5.74, 6) is -3.30. The van der Waals surface area contributed by atoms with Gasteiger partial charge in [0.05, 0.1) is 13.0 Å². The predicted octanol–water partition coefficient (Wildman–Crippen LogP) is 15.1. The van der Waals surface area contributed by atoms with Gasteiger partial charge in [-0.25, -0.2) is 4.79 Å². The van der Waals surface area contributed by atoms with Crippen molar-refractivity contribution < 1.29 is 58.2 Å². The van der Waals surface area contributed by atoms with E-state index < -0.39 is 67.3 Å². The zero-order valence-corrected chi connectivity index (χ0v) is 47.0. The second kappa shape index (κ2) is 50.7. The fourth-order valence-corrected chi connectivity index (χ4v) is 8.47. The van der Waals surface area contributed by atoms with Crippen molar-refractivity contribution in [3.63, 3.8) is 0 Å². The molecule has 1 fully saturated rings. The third-order valence-corrected chi connectivity index (χ3v) is 13.0. The Morgan fingerprint density at radius 1 is 0.467 bits per heavy atom. The molecular weight excluding hydrogens is 949 g/mol. The summed E-state index contributed by atoms with van der Waals surface area (Å²) < 4.78 is 28.3. The number of hydrogen-bond donors (Lipinski definition) is 3. The molecule has 1 aliphatic rings. The third-order valence-electron chi connectivity index (χ3n) is 13.0. The number of carbonyl (C=O) groups excluding carboxylic acids is 3. The van der Waals surface area contributed by atoms with Gasteiger partial charge in [0.1, 0.15) is 18.8 Å². The molecule has 0 aromatic rings. The predicted molar refractivity (Wildman–Crippen MR) is 303 cm³/mol. The van der Waals surface area contributed by atoms with E-state index in [0.29, 0.717) is 19.3 Å². The Balaban J connectivity index is 2.75. The van der Waals surface area contributed by atoms with Crippen LogP contribution in [-0.4, -0.2) is 89.2 Å². The number of carbonyl (C=O) groups is 4. The quantitative estimate of drug-likeness (QED) is 0.0228. The maximum atomic E-state index is 13.1. The molecule has 0 aliphatic carbocycles. The molecule has 0 radical (unpaired) electrons. The minimum atomic E-state index is -1.92. The van der Waals surface area contributed by atoms with Gasteiger partial charge in [-0.1, -0.05) is 228 Å². The molecule has 0 amide bonds. The molecule has 75 heavy (non-hydrogen) atoms. The van der Waals surface area contributed by atoms with Crippen LogP contribution in [-0.2, 0) is 42.9 Å². The summed E-state index contributed by atoms with van der Waals surface area (Å²) in [5, 5.41) is 31.5. The van der Waals surface area contributed by atoms with Gasteiger partial charge in [0.25, 0.3) is 0 Å². The lowest BCUT2D eigenvalue weighted by atomic mass is 9.98. The number of carboxylic acids is 1. The first-order chi connectivity index (χ1) is 36.6. The lowest BCUT2D eigenvalue weighted by Gasteiger charge is -2.40. The van der Waals surface area contributed by atoms with E-state index in [0.717, 1.165) is 96.3 Å². The molecule has 0 bridgehead atoms. The number of rotatable bonds is 49. The van der Waals surface area contributed by atoms with Crippen LogP contribution in [0.1, 0.15) is 239 Å². The van der Waals surface area contributed by atoms with Crippen molar-refractivity contribution in [2.75, 3.05) is 13.2 Å². The van der Waals surface area contributed by atoms with Crippen LogP contribution >= 0.6 is 0 Å². The van der Waals surface area contributed by atoms with Crippen LogP contribution in [0.4, 0.5) is 0 Å². The first-order valence-electron chi connectivity index (χ1n) is 29.6. The third kappa shape index (κ3) is 40.8. The van der Waals surface area contributed by atoms with Gasteiger partial charge in [0.15, 0.2) is 24.6 Å². The summed E-state index contributed by atoms with van der Waals surface area (Å²) in [6, 6.07) is 0. The zero-order chi connectivity index (χ0) is 54.7. The van der Waals surface area contributed by atoms with Crippen molar-refractivity contribution in [1.29, 1.82) is 0 Å². The number of aliphatic carboxylic acids is 1. The van der Waals surface area contributed by atoms with E-state index in [1.54, 1.807) is 6.08 Å². The van der Waals surface area contributed by atoms with Crippen LogP contribution in [0.15, 0.2) is 85.1 Å². The van der Waals surface area contributed by atoms with Gasteiger partial charge in [-0.2, -0.15) is 0 Å². The smallest absolute Gasteiger partial charge is 0.335 e. The van der Waals surface area contributed by atoms with Crippen LogP contribution < -0.4 is 0 Å². The number of allylic oxidation sites excluding steroid dienone is 13. The fraction of sp³-hybridized carbons (Fsp3) is 0.714. The Morgan fingerprint density at radius 3 is 1.37 bits per heavy atom. The topological polar surface area (TPSA) is 175 Å². The number of carboxylic acid groups (broad SMARTS) is 1. The van der Waals surface area contributed by atoms with Gasteiger partial charge in [-0.3, -0.25) is 14.4 Å². The average molecular weight is 1050 g/mol. The van der Waals surface area contributed by atoms with E-state index in [1.165, 1.54) is 83.5 Å². The molecule has 6 unspecified atom stereocenters. The monoisotopic (exact) mass is 1050 g/mol. The highest BCUT2D eigenvalue weighted by Gasteiger charge is 2.50. The molecular formula is C63H104O12. The van der Waals surface area contributed by atoms with E-state index in [9.17, 15) is 34.5 Å². The van der Waals surface area contributed by atoms with Crippen molar-refractivity contribution in [1.82, 2.24) is 0 Å². The number of unbranched alkanes of at least 4 members (excludes halogenated alkanes) is 22. The second-order valence-corrected chi connectivity index (χ2v) is 19.9. The largest absolute Gasteiger partial charge is 0.479 e. The number of hydrogen-bond acceptors (Lipinski definition) is 11. The van der Waals surface area contributed by atoms with Crippen LogP contribution in [0.25, 0.3) is 0 Å². The van der Waals surface area contributed by atoms with E-state index in [2.05, 4.69) is 87.6 Å². The van der Waals surface area contributed by atoms with Crippen LogP contribution in [0.5, 0.6) is 0 Å². The Morgan fingerprint density at radius 2 is 0.880 bits per heavy atom. The Kier molecular flexibility index (Phi) is 46.6.